The summed E-state index contributed by atoms with van der Waals surface area (Å²) in [5.74, 6) is 0.709. The highest BCUT2D eigenvalue weighted by Gasteiger charge is 2.36. The van der Waals surface area contributed by atoms with Gasteiger partial charge in [0.2, 0.25) is 0 Å². The quantitative estimate of drug-likeness (QED) is 0.909. The molecule has 1 aromatic rings. The second-order valence-corrected chi connectivity index (χ2v) is 5.46. The minimum atomic E-state index is -0.845. The molecule has 0 saturated carbocycles. The van der Waals surface area contributed by atoms with E-state index in [0.29, 0.717) is 25.2 Å². The van der Waals surface area contributed by atoms with Crippen LogP contribution in [-0.4, -0.2) is 28.9 Å². The van der Waals surface area contributed by atoms with Crippen molar-refractivity contribution in [1.29, 1.82) is 0 Å². The Kier molecular flexibility index (Phi) is 4.42. The van der Waals surface area contributed by atoms with Crippen molar-refractivity contribution in [3.63, 3.8) is 0 Å². The van der Waals surface area contributed by atoms with Crippen LogP contribution in [0.2, 0.25) is 0 Å². The molecule has 1 N–H and O–H groups in total. The second kappa shape index (κ2) is 5.88. The summed E-state index contributed by atoms with van der Waals surface area (Å²) in [6.45, 7) is 6.61. The Balaban J connectivity index is 2.19. The maximum absolute atomic E-state index is 10.8. The monoisotopic (exact) mass is 265 g/mol. The molecule has 0 amide bonds. The van der Waals surface area contributed by atoms with Gasteiger partial charge in [-0.2, -0.15) is 0 Å². The number of aliphatic hydroxyl groups is 1. The minimum Gasteiger partial charge on any atom is -0.489 e. The first-order valence-electron chi connectivity index (χ1n) is 6.99. The van der Waals surface area contributed by atoms with Gasteiger partial charge in [0.15, 0.2) is 0 Å². The molecule has 2 unspecified atom stereocenters. The lowest BCUT2D eigenvalue weighted by molar-refractivity contribution is -0.108. The van der Waals surface area contributed by atoms with Gasteiger partial charge in [0.1, 0.15) is 5.75 Å². The molecule has 1 aromatic heterocycles. The SMILES string of the molecule is CCC1CC(O)(c2cncc(OC(C)C)c2)CCO1. The van der Waals surface area contributed by atoms with E-state index >= 15 is 0 Å². The van der Waals surface area contributed by atoms with Gasteiger partial charge in [0.25, 0.3) is 0 Å². The molecule has 1 fully saturated rings. The van der Waals surface area contributed by atoms with E-state index in [0.717, 1.165) is 12.0 Å². The van der Waals surface area contributed by atoms with E-state index < -0.39 is 5.60 Å². The number of aromatic nitrogens is 1. The van der Waals surface area contributed by atoms with Gasteiger partial charge in [0.05, 0.1) is 30.6 Å². The third-order valence-electron chi connectivity index (χ3n) is 3.51. The van der Waals surface area contributed by atoms with E-state index in [2.05, 4.69) is 11.9 Å². The summed E-state index contributed by atoms with van der Waals surface area (Å²) in [7, 11) is 0. The summed E-state index contributed by atoms with van der Waals surface area (Å²) < 4.78 is 11.3. The van der Waals surface area contributed by atoms with Crippen LogP contribution < -0.4 is 4.74 Å². The van der Waals surface area contributed by atoms with E-state index in [-0.39, 0.29) is 12.2 Å². The van der Waals surface area contributed by atoms with Crippen LogP contribution in [0.3, 0.4) is 0 Å². The molecule has 1 saturated heterocycles. The fraction of sp³-hybridized carbons (Fsp3) is 0.667. The van der Waals surface area contributed by atoms with Crippen LogP contribution in [-0.2, 0) is 10.3 Å². The van der Waals surface area contributed by atoms with E-state index in [1.807, 2.05) is 19.9 Å². The van der Waals surface area contributed by atoms with E-state index in [1.54, 1.807) is 12.4 Å². The highest BCUT2D eigenvalue weighted by atomic mass is 16.5. The van der Waals surface area contributed by atoms with Crippen molar-refractivity contribution in [3.8, 4) is 5.75 Å². The molecule has 0 aromatic carbocycles. The Morgan fingerprint density at radius 2 is 2.32 bits per heavy atom. The predicted molar refractivity (Wildman–Crippen MR) is 73.2 cm³/mol. The van der Waals surface area contributed by atoms with Crippen molar-refractivity contribution in [3.05, 3.63) is 24.0 Å². The fourth-order valence-electron chi connectivity index (χ4n) is 2.47. The van der Waals surface area contributed by atoms with Crippen LogP contribution in [0.15, 0.2) is 18.5 Å². The first-order valence-corrected chi connectivity index (χ1v) is 6.99. The summed E-state index contributed by atoms with van der Waals surface area (Å²) in [6.07, 6.45) is 5.78. The van der Waals surface area contributed by atoms with Crippen LogP contribution in [0.25, 0.3) is 0 Å². The molecule has 1 aliphatic heterocycles. The molecule has 19 heavy (non-hydrogen) atoms. The summed E-state index contributed by atoms with van der Waals surface area (Å²) >= 11 is 0. The van der Waals surface area contributed by atoms with Crippen LogP contribution >= 0.6 is 0 Å². The first kappa shape index (κ1) is 14.3. The first-order chi connectivity index (χ1) is 9.03. The lowest BCUT2D eigenvalue weighted by atomic mass is 9.84. The van der Waals surface area contributed by atoms with Crippen molar-refractivity contribution >= 4 is 0 Å². The molecule has 2 atom stereocenters. The van der Waals surface area contributed by atoms with Crippen molar-refractivity contribution in [2.24, 2.45) is 0 Å². The molecular weight excluding hydrogens is 242 g/mol. The number of ether oxygens (including phenoxy) is 2. The predicted octanol–water partition coefficient (Wildman–Crippen LogP) is 2.65. The molecule has 0 bridgehead atoms. The van der Waals surface area contributed by atoms with E-state index in [1.165, 1.54) is 0 Å². The Hall–Kier alpha value is -1.13. The van der Waals surface area contributed by atoms with E-state index in [9.17, 15) is 5.11 Å². The van der Waals surface area contributed by atoms with Gasteiger partial charge in [0, 0.05) is 24.6 Å². The van der Waals surface area contributed by atoms with Crippen LogP contribution in [0.1, 0.15) is 45.6 Å². The minimum absolute atomic E-state index is 0.102. The van der Waals surface area contributed by atoms with Crippen LogP contribution in [0, 0.1) is 0 Å². The highest BCUT2D eigenvalue weighted by molar-refractivity contribution is 5.28. The lowest BCUT2D eigenvalue weighted by Gasteiger charge is -2.37. The van der Waals surface area contributed by atoms with Gasteiger partial charge in [-0.15, -0.1) is 0 Å². The normalized spacial score (nSPS) is 27.5. The Morgan fingerprint density at radius 3 is 3.00 bits per heavy atom. The number of rotatable bonds is 4. The summed E-state index contributed by atoms with van der Waals surface area (Å²) in [6, 6.07) is 1.89. The molecule has 106 valence electrons. The zero-order valence-corrected chi connectivity index (χ0v) is 11.9. The zero-order chi connectivity index (χ0) is 13.9. The molecular formula is C15H23NO3. The molecule has 0 radical (unpaired) electrons. The van der Waals surface area contributed by atoms with Gasteiger partial charge in [-0.1, -0.05) is 6.92 Å². The number of hydrogen-bond acceptors (Lipinski definition) is 4. The van der Waals surface area contributed by atoms with Crippen LogP contribution in [0.5, 0.6) is 5.75 Å². The Bertz CT molecular complexity index is 422. The maximum atomic E-state index is 10.8. The number of nitrogens with zero attached hydrogens (tertiary/aromatic N) is 1. The second-order valence-electron chi connectivity index (χ2n) is 5.46. The molecule has 4 nitrogen and oxygen atoms in total. The summed E-state index contributed by atoms with van der Waals surface area (Å²) in [4.78, 5) is 4.18. The standard InChI is InChI=1S/C15H23NO3/c1-4-13-8-15(17,5-6-18-13)12-7-14(10-16-9-12)19-11(2)3/h7,9-11,13,17H,4-6,8H2,1-3H3. The van der Waals surface area contributed by atoms with Crippen molar-refractivity contribution in [2.75, 3.05) is 6.61 Å². The molecule has 0 spiro atoms. The summed E-state index contributed by atoms with van der Waals surface area (Å²) in [5.41, 5.74) is -0.0187. The van der Waals surface area contributed by atoms with E-state index in [4.69, 9.17) is 9.47 Å². The molecule has 0 aliphatic carbocycles. The molecule has 1 aliphatic rings. The maximum Gasteiger partial charge on any atom is 0.138 e. The van der Waals surface area contributed by atoms with Gasteiger partial charge in [-0.3, -0.25) is 4.98 Å². The zero-order valence-electron chi connectivity index (χ0n) is 11.9. The topological polar surface area (TPSA) is 51.6 Å². The van der Waals surface area contributed by atoms with Crippen molar-refractivity contribution < 1.29 is 14.6 Å². The van der Waals surface area contributed by atoms with Gasteiger partial charge in [-0.25, -0.2) is 0 Å². The third-order valence-corrected chi connectivity index (χ3v) is 3.51. The average Bonchev–Trinajstić information content (AvgIpc) is 2.38. The Morgan fingerprint density at radius 1 is 1.53 bits per heavy atom. The van der Waals surface area contributed by atoms with Crippen molar-refractivity contribution in [1.82, 2.24) is 4.98 Å². The lowest BCUT2D eigenvalue weighted by Crippen LogP contribution is -2.38. The molecule has 4 heteroatoms. The van der Waals surface area contributed by atoms with Crippen molar-refractivity contribution in [2.45, 2.75) is 57.8 Å². The fourth-order valence-corrected chi connectivity index (χ4v) is 2.47. The van der Waals surface area contributed by atoms with Crippen LogP contribution in [0.4, 0.5) is 0 Å². The summed E-state index contributed by atoms with van der Waals surface area (Å²) in [5, 5.41) is 10.8. The van der Waals surface area contributed by atoms with Gasteiger partial charge >= 0.3 is 0 Å². The largest absolute Gasteiger partial charge is 0.489 e. The molecule has 2 rings (SSSR count). The highest BCUT2D eigenvalue weighted by Crippen LogP contribution is 2.36. The smallest absolute Gasteiger partial charge is 0.138 e. The number of pyridine rings is 1. The average molecular weight is 265 g/mol. The Labute approximate surface area is 114 Å². The molecule has 2 heterocycles. The number of hydrogen-bond donors (Lipinski definition) is 1. The third kappa shape index (κ3) is 3.45. The van der Waals surface area contributed by atoms with Gasteiger partial charge in [-0.05, 0) is 26.3 Å². The van der Waals surface area contributed by atoms with Gasteiger partial charge < -0.3 is 14.6 Å².